The molecule has 1 N–H and O–H groups in total. The number of hydrogen-bond acceptors (Lipinski definition) is 4. The molecule has 1 aromatic rings. The van der Waals surface area contributed by atoms with Gasteiger partial charge in [-0.3, -0.25) is 14.9 Å². The molecule has 104 valence electrons. The van der Waals surface area contributed by atoms with E-state index in [-0.39, 0.29) is 24.5 Å². The van der Waals surface area contributed by atoms with Crippen molar-refractivity contribution in [2.45, 2.75) is 32.6 Å². The highest BCUT2D eigenvalue weighted by Gasteiger charge is 2.15. The summed E-state index contributed by atoms with van der Waals surface area (Å²) in [6.07, 6.45) is 1.86. The number of carboxylic acid groups (broad SMARTS) is 1. The highest BCUT2D eigenvalue weighted by molar-refractivity contribution is 5.66. The Labute approximate surface area is 111 Å². The maximum Gasteiger partial charge on any atom is 0.311 e. The van der Waals surface area contributed by atoms with E-state index >= 15 is 0 Å². The van der Waals surface area contributed by atoms with Crippen LogP contribution in [0.2, 0.25) is 0 Å². The second-order valence-electron chi connectivity index (χ2n) is 4.11. The minimum Gasteiger partial charge on any atom is -0.487 e. The van der Waals surface area contributed by atoms with Crippen LogP contribution in [0.4, 0.5) is 5.69 Å². The zero-order valence-electron chi connectivity index (χ0n) is 10.8. The molecule has 0 saturated carbocycles. The summed E-state index contributed by atoms with van der Waals surface area (Å²) in [5.41, 5.74) is 0.836. The van der Waals surface area contributed by atoms with Crippen LogP contribution in [-0.4, -0.2) is 22.6 Å². The van der Waals surface area contributed by atoms with Crippen molar-refractivity contribution in [1.82, 2.24) is 0 Å². The lowest BCUT2D eigenvalue weighted by atomic mass is 10.1. The Balaban J connectivity index is 2.57. The van der Waals surface area contributed by atoms with Crippen molar-refractivity contribution in [3.05, 3.63) is 33.9 Å². The van der Waals surface area contributed by atoms with Crippen LogP contribution in [0.3, 0.4) is 0 Å². The van der Waals surface area contributed by atoms with Crippen LogP contribution in [0.15, 0.2) is 18.2 Å². The normalized spacial score (nSPS) is 10.2. The first-order valence-electron chi connectivity index (χ1n) is 6.16. The molecule has 0 aliphatic rings. The third-order valence-corrected chi connectivity index (χ3v) is 2.67. The second kappa shape index (κ2) is 7.35. The molecular weight excluding hydrogens is 250 g/mol. The summed E-state index contributed by atoms with van der Waals surface area (Å²) >= 11 is 0. The summed E-state index contributed by atoms with van der Waals surface area (Å²) in [7, 11) is 0. The molecule has 1 aromatic carbocycles. The largest absolute Gasteiger partial charge is 0.487 e. The number of unbranched alkanes of at least 4 members (excludes halogenated alkanes) is 1. The molecule has 0 radical (unpaired) electrons. The molecule has 0 amide bonds. The van der Waals surface area contributed by atoms with Gasteiger partial charge in [-0.1, -0.05) is 13.0 Å². The highest BCUT2D eigenvalue weighted by Crippen LogP contribution is 2.28. The van der Waals surface area contributed by atoms with Gasteiger partial charge in [0.1, 0.15) is 0 Å². The van der Waals surface area contributed by atoms with Crippen LogP contribution in [0.5, 0.6) is 5.75 Å². The molecule has 0 heterocycles. The summed E-state index contributed by atoms with van der Waals surface area (Å²) in [4.78, 5) is 20.8. The van der Waals surface area contributed by atoms with Crippen molar-refractivity contribution in [1.29, 1.82) is 0 Å². The van der Waals surface area contributed by atoms with Crippen molar-refractivity contribution < 1.29 is 19.6 Å². The Morgan fingerprint density at radius 2 is 2.16 bits per heavy atom. The van der Waals surface area contributed by atoms with E-state index in [1.807, 2.05) is 6.92 Å². The van der Waals surface area contributed by atoms with E-state index in [9.17, 15) is 14.9 Å². The molecule has 0 saturated heterocycles. The maximum atomic E-state index is 10.9. The third-order valence-electron chi connectivity index (χ3n) is 2.67. The number of carbonyl (C=O) groups is 1. The summed E-state index contributed by atoms with van der Waals surface area (Å²) in [6, 6.07) is 4.89. The molecular formula is C13H17NO5. The second-order valence-corrected chi connectivity index (χ2v) is 4.11. The van der Waals surface area contributed by atoms with Gasteiger partial charge in [0.25, 0.3) is 0 Å². The fourth-order valence-corrected chi connectivity index (χ4v) is 1.61. The lowest BCUT2D eigenvalue weighted by Crippen LogP contribution is -2.02. The molecule has 6 heteroatoms. The van der Waals surface area contributed by atoms with E-state index < -0.39 is 10.9 Å². The van der Waals surface area contributed by atoms with Gasteiger partial charge >= 0.3 is 11.7 Å². The fourth-order valence-electron chi connectivity index (χ4n) is 1.61. The molecule has 6 nitrogen and oxygen atoms in total. The van der Waals surface area contributed by atoms with Crippen LogP contribution in [0.25, 0.3) is 0 Å². The van der Waals surface area contributed by atoms with Gasteiger partial charge in [0.15, 0.2) is 5.75 Å². The smallest absolute Gasteiger partial charge is 0.311 e. The van der Waals surface area contributed by atoms with Crippen molar-refractivity contribution in [2.75, 3.05) is 6.61 Å². The predicted octanol–water partition coefficient (Wildman–Crippen LogP) is 2.79. The maximum absolute atomic E-state index is 10.9. The molecule has 0 unspecified atom stereocenters. The van der Waals surface area contributed by atoms with E-state index in [1.165, 1.54) is 6.07 Å². The number of benzene rings is 1. The van der Waals surface area contributed by atoms with E-state index in [0.717, 1.165) is 12.0 Å². The van der Waals surface area contributed by atoms with Gasteiger partial charge in [-0.15, -0.1) is 0 Å². The van der Waals surface area contributed by atoms with Crippen molar-refractivity contribution in [2.24, 2.45) is 0 Å². The molecule has 0 fully saturated rings. The number of nitro benzene ring substituents is 1. The van der Waals surface area contributed by atoms with Crippen LogP contribution >= 0.6 is 0 Å². The minimum absolute atomic E-state index is 0.0439. The topological polar surface area (TPSA) is 89.7 Å². The van der Waals surface area contributed by atoms with E-state index in [2.05, 4.69) is 0 Å². The number of nitro groups is 1. The first-order chi connectivity index (χ1) is 9.04. The predicted molar refractivity (Wildman–Crippen MR) is 69.5 cm³/mol. The number of aliphatic carboxylic acids is 1. The number of nitrogens with zero attached hydrogens (tertiary/aromatic N) is 1. The average molecular weight is 267 g/mol. The Hall–Kier alpha value is -2.11. The SMILES string of the molecule is CCc1ccc(OCCCCC(=O)O)c([N+](=O)[O-])c1. The van der Waals surface area contributed by atoms with Gasteiger partial charge in [0.2, 0.25) is 0 Å². The third kappa shape index (κ3) is 4.95. The molecule has 0 spiro atoms. The zero-order valence-corrected chi connectivity index (χ0v) is 10.8. The van der Waals surface area contributed by atoms with Crippen molar-refractivity contribution in [3.63, 3.8) is 0 Å². The van der Waals surface area contributed by atoms with Crippen molar-refractivity contribution >= 4 is 11.7 Å². The van der Waals surface area contributed by atoms with Gasteiger partial charge in [-0.25, -0.2) is 0 Å². The molecule has 0 aromatic heterocycles. The Bertz CT molecular complexity index is 458. The minimum atomic E-state index is -0.849. The van der Waals surface area contributed by atoms with Crippen LogP contribution in [-0.2, 0) is 11.2 Å². The Morgan fingerprint density at radius 3 is 2.74 bits per heavy atom. The first-order valence-corrected chi connectivity index (χ1v) is 6.16. The first kappa shape index (κ1) is 14.9. The molecule has 19 heavy (non-hydrogen) atoms. The summed E-state index contributed by atoms with van der Waals surface area (Å²) in [5, 5.41) is 19.4. The quantitative estimate of drug-likeness (QED) is 0.444. The Kier molecular flexibility index (Phi) is 5.78. The number of rotatable bonds is 8. The zero-order chi connectivity index (χ0) is 14.3. The van der Waals surface area contributed by atoms with E-state index in [0.29, 0.717) is 12.8 Å². The highest BCUT2D eigenvalue weighted by atomic mass is 16.6. The Morgan fingerprint density at radius 1 is 1.42 bits per heavy atom. The van der Waals surface area contributed by atoms with Crippen molar-refractivity contribution in [3.8, 4) is 5.75 Å². The number of hydrogen-bond donors (Lipinski definition) is 1. The fraction of sp³-hybridized carbons (Fsp3) is 0.462. The van der Waals surface area contributed by atoms with Crippen LogP contribution in [0.1, 0.15) is 31.7 Å². The lowest BCUT2D eigenvalue weighted by Gasteiger charge is -2.07. The van der Waals surface area contributed by atoms with Gasteiger partial charge in [-0.2, -0.15) is 0 Å². The summed E-state index contributed by atoms with van der Waals surface area (Å²) in [5.74, 6) is -0.615. The van der Waals surface area contributed by atoms with E-state index in [1.54, 1.807) is 12.1 Å². The molecule has 0 aliphatic heterocycles. The number of aryl methyl sites for hydroxylation is 1. The lowest BCUT2D eigenvalue weighted by molar-refractivity contribution is -0.385. The van der Waals surface area contributed by atoms with Gasteiger partial charge < -0.3 is 9.84 Å². The monoisotopic (exact) mass is 267 g/mol. The number of carboxylic acids is 1. The standard InChI is InChI=1S/C13H17NO5/c1-2-10-6-7-12(11(9-10)14(17)18)19-8-4-3-5-13(15)16/h6-7,9H,2-5,8H2,1H3,(H,15,16). The summed E-state index contributed by atoms with van der Waals surface area (Å²) in [6.45, 7) is 2.20. The number of ether oxygens (including phenoxy) is 1. The molecule has 0 aliphatic carbocycles. The molecule has 0 atom stereocenters. The average Bonchev–Trinajstić information content (AvgIpc) is 2.38. The summed E-state index contributed by atoms with van der Waals surface area (Å²) < 4.78 is 5.35. The van der Waals surface area contributed by atoms with Crippen LogP contribution in [0, 0.1) is 10.1 Å². The van der Waals surface area contributed by atoms with Gasteiger partial charge in [0, 0.05) is 12.5 Å². The van der Waals surface area contributed by atoms with Crippen LogP contribution < -0.4 is 4.74 Å². The molecule has 1 rings (SSSR count). The molecule has 0 bridgehead atoms. The van der Waals surface area contributed by atoms with E-state index in [4.69, 9.17) is 9.84 Å². The van der Waals surface area contributed by atoms with Gasteiger partial charge in [-0.05, 0) is 30.9 Å². The van der Waals surface area contributed by atoms with Gasteiger partial charge in [0.05, 0.1) is 11.5 Å².